The number of Topliss-reactive ketones (excluding diaryl/α,β-unsaturated/α-hetero) is 1. The summed E-state index contributed by atoms with van der Waals surface area (Å²) in [5, 5.41) is 3.53. The largest absolute Gasteiger partial charge is 0.299 e. The molecule has 4 nitrogen and oxygen atoms in total. The lowest BCUT2D eigenvalue weighted by molar-refractivity contribution is -0.124. The third-order valence-corrected chi connectivity index (χ3v) is 24.4. The summed E-state index contributed by atoms with van der Waals surface area (Å²) in [6.07, 6.45) is 21.4. The van der Waals surface area contributed by atoms with Gasteiger partial charge in [-0.3, -0.25) is 19.3 Å². The first-order valence-electron chi connectivity index (χ1n) is 29.5. The first kappa shape index (κ1) is 55.4. The molecule has 9 aromatic rings. The van der Waals surface area contributed by atoms with Crippen LogP contribution in [0, 0.1) is 17.8 Å². The summed E-state index contributed by atoms with van der Waals surface area (Å²) < 4.78 is 3.68. The summed E-state index contributed by atoms with van der Waals surface area (Å²) in [5.41, 5.74) is 5.54. The first-order chi connectivity index (χ1) is 38.2. The number of amides is 2. The molecule has 2 unspecified atom stereocenters. The molecule has 1 saturated carbocycles. The van der Waals surface area contributed by atoms with E-state index in [1.54, 1.807) is 16.2 Å². The Morgan fingerprint density at radius 2 is 1.05 bits per heavy atom. The average molecular weight is 1150 g/mol. The van der Waals surface area contributed by atoms with Crippen LogP contribution in [0.3, 0.4) is 0 Å². The molecule has 78 heavy (non-hydrogen) atoms. The normalized spacial score (nSPS) is 16.6. The fourth-order valence-corrected chi connectivity index (χ4v) is 20.4. The van der Waals surface area contributed by atoms with E-state index in [-0.39, 0.29) is 23.8 Å². The number of hydrogen-bond acceptors (Lipinski definition) is 9. The molecule has 11 rings (SSSR count). The van der Waals surface area contributed by atoms with Crippen molar-refractivity contribution < 1.29 is 14.4 Å². The maximum Gasteiger partial charge on any atom is 0.271 e. The summed E-state index contributed by atoms with van der Waals surface area (Å²) in [6, 6.07) is 35.9. The molecule has 6 aromatic heterocycles. The number of rotatable bonds is 25. The van der Waals surface area contributed by atoms with E-state index in [2.05, 4.69) is 126 Å². The van der Waals surface area contributed by atoms with Crippen LogP contribution < -0.4 is 0 Å². The van der Waals surface area contributed by atoms with Crippen molar-refractivity contribution in [2.24, 2.45) is 17.8 Å². The second kappa shape index (κ2) is 25.1. The molecular formula is C68H75NO3S6. The maximum absolute atomic E-state index is 15.1. The van der Waals surface area contributed by atoms with Crippen molar-refractivity contribution in [2.45, 2.75) is 169 Å². The molecule has 1 aliphatic heterocycles. The van der Waals surface area contributed by atoms with Gasteiger partial charge in [-0.25, -0.2) is 0 Å². The Bertz CT molecular complexity index is 3430. The number of carbonyl (C=O) groups excluding carboxylic acids is 3. The third-order valence-electron chi connectivity index (χ3n) is 17.1. The highest BCUT2D eigenvalue weighted by Crippen LogP contribution is 2.58. The SMILES string of the molecule is CCCCCCCC(=O)C1CCC(N2C(=O)c3sc4c(-c5cc6c(-c7ccc(CC(CC)CCCC)s7)c7sc(-c8ccccc8)cc7c(-c7ccc(CC(CC)CCCC)s7)c6s5)sc(-c5ccccc5)c4c3C2=O)CC1. The second-order valence-electron chi connectivity index (χ2n) is 22.3. The number of thiophene rings is 6. The third kappa shape index (κ3) is 11.1. The van der Waals surface area contributed by atoms with Crippen LogP contribution in [0.25, 0.3) is 81.8 Å². The predicted molar refractivity (Wildman–Crippen MR) is 342 cm³/mol. The molecule has 0 saturated heterocycles. The number of imide groups is 1. The van der Waals surface area contributed by atoms with E-state index in [4.69, 9.17) is 0 Å². The van der Waals surface area contributed by atoms with Crippen molar-refractivity contribution >= 4 is 116 Å². The summed E-state index contributed by atoms with van der Waals surface area (Å²) in [5.74, 6) is 1.44. The molecule has 10 heteroatoms. The molecule has 0 radical (unpaired) electrons. The van der Waals surface area contributed by atoms with E-state index in [9.17, 15) is 9.59 Å². The lowest BCUT2D eigenvalue weighted by atomic mass is 9.81. The Morgan fingerprint density at radius 1 is 0.500 bits per heavy atom. The van der Waals surface area contributed by atoms with Gasteiger partial charge in [-0.15, -0.1) is 68.0 Å². The predicted octanol–water partition coefficient (Wildman–Crippen LogP) is 22.5. The van der Waals surface area contributed by atoms with Gasteiger partial charge in [-0.2, -0.15) is 0 Å². The minimum atomic E-state index is -0.189. The van der Waals surface area contributed by atoms with Crippen LogP contribution in [0.1, 0.15) is 180 Å². The van der Waals surface area contributed by atoms with E-state index in [1.807, 2.05) is 51.4 Å². The maximum atomic E-state index is 15.1. The molecule has 0 spiro atoms. The Balaban J connectivity index is 1.04. The summed E-state index contributed by atoms with van der Waals surface area (Å²) in [4.78, 5) is 55.6. The van der Waals surface area contributed by atoms with Crippen LogP contribution in [0.5, 0.6) is 0 Å². The van der Waals surface area contributed by atoms with E-state index in [0.29, 0.717) is 47.3 Å². The highest BCUT2D eigenvalue weighted by molar-refractivity contribution is 7.33. The zero-order valence-corrected chi connectivity index (χ0v) is 51.2. The molecule has 7 heterocycles. The number of nitrogens with zero attached hydrogens (tertiary/aromatic N) is 1. The van der Waals surface area contributed by atoms with Crippen molar-refractivity contribution in [3.05, 3.63) is 117 Å². The van der Waals surface area contributed by atoms with E-state index < -0.39 is 0 Å². The van der Waals surface area contributed by atoms with E-state index in [1.165, 1.54) is 148 Å². The first-order valence-corrected chi connectivity index (χ1v) is 34.4. The van der Waals surface area contributed by atoms with Gasteiger partial charge in [0.15, 0.2) is 0 Å². The fourth-order valence-electron chi connectivity index (χ4n) is 12.5. The molecule has 1 aliphatic carbocycles. The van der Waals surface area contributed by atoms with Crippen LogP contribution in [-0.4, -0.2) is 28.5 Å². The number of benzene rings is 3. The minimum Gasteiger partial charge on any atom is -0.299 e. The molecule has 2 atom stereocenters. The fraction of sp³-hybridized carbons (Fsp3) is 0.426. The zero-order chi connectivity index (χ0) is 53.9. The van der Waals surface area contributed by atoms with Gasteiger partial charge in [-0.1, -0.05) is 172 Å². The highest BCUT2D eigenvalue weighted by Gasteiger charge is 2.46. The Morgan fingerprint density at radius 3 is 1.63 bits per heavy atom. The Labute approximate surface area is 487 Å². The summed E-state index contributed by atoms with van der Waals surface area (Å²) >= 11 is 11.1. The molecule has 3 aromatic carbocycles. The number of ketones is 1. The van der Waals surface area contributed by atoms with Gasteiger partial charge in [0.25, 0.3) is 11.8 Å². The lowest BCUT2D eigenvalue weighted by Gasteiger charge is -2.33. The van der Waals surface area contributed by atoms with Gasteiger partial charge in [0.2, 0.25) is 0 Å². The van der Waals surface area contributed by atoms with E-state index in [0.717, 1.165) is 63.9 Å². The van der Waals surface area contributed by atoms with Crippen molar-refractivity contribution in [3.63, 3.8) is 0 Å². The van der Waals surface area contributed by atoms with Crippen LogP contribution in [0.15, 0.2) is 97.1 Å². The van der Waals surface area contributed by atoms with Crippen LogP contribution in [0.2, 0.25) is 0 Å². The zero-order valence-electron chi connectivity index (χ0n) is 46.3. The summed E-state index contributed by atoms with van der Waals surface area (Å²) in [7, 11) is 0. The van der Waals surface area contributed by atoms with Crippen molar-refractivity contribution in [3.8, 4) is 51.5 Å². The van der Waals surface area contributed by atoms with Gasteiger partial charge in [-0.05, 0) is 104 Å². The minimum absolute atomic E-state index is 0.0332. The number of unbranched alkanes of at least 4 members (excludes halogenated alkanes) is 6. The topological polar surface area (TPSA) is 54.5 Å². The number of carbonyl (C=O) groups is 3. The lowest BCUT2D eigenvalue weighted by Crippen LogP contribution is -2.42. The average Bonchev–Trinajstić information content (AvgIpc) is 4.52. The molecular weight excluding hydrogens is 1070 g/mol. The van der Waals surface area contributed by atoms with Gasteiger partial charge in [0, 0.05) is 89.2 Å². The quantitative estimate of drug-likeness (QED) is 0.0423. The van der Waals surface area contributed by atoms with Crippen LogP contribution >= 0.6 is 68.0 Å². The molecule has 1 fully saturated rings. The second-order valence-corrected chi connectivity index (χ2v) is 28.8. The molecule has 2 amide bonds. The number of fused-ring (bicyclic) bond motifs is 5. The molecule has 0 bridgehead atoms. The molecule has 406 valence electrons. The summed E-state index contributed by atoms with van der Waals surface area (Å²) in [6.45, 7) is 11.5. The van der Waals surface area contributed by atoms with Gasteiger partial charge in [0.05, 0.1) is 15.1 Å². The van der Waals surface area contributed by atoms with Crippen molar-refractivity contribution in [1.82, 2.24) is 4.90 Å². The standard InChI is InChI=1S/C68H75NO3S6/c1-6-11-14-15-22-29-52(70)44-30-32-47(33-31-44)69-67(71)60-59-61(46-27-20-17-21-28-46)77-64(65(59)78-66(60)68(69)72)56-41-51-58(54-37-35-49(74-54)39-43(10-5)24-13-8-3)62-50(40-55(75-62)45-25-18-16-19-26-45)57(63(51)76-56)53-36-34-48(73-53)38-42(9-4)23-12-7-2/h16-21,25-28,34-37,40-44,47H,6-15,22-24,29-33,38-39H2,1-5H3. The Hall–Kier alpha value is -4.55. The Kier molecular flexibility index (Phi) is 17.8. The monoisotopic (exact) mass is 1150 g/mol. The van der Waals surface area contributed by atoms with Crippen molar-refractivity contribution in [2.75, 3.05) is 0 Å². The van der Waals surface area contributed by atoms with Gasteiger partial charge >= 0.3 is 0 Å². The number of hydrogen-bond donors (Lipinski definition) is 0. The van der Waals surface area contributed by atoms with Gasteiger partial charge in [0.1, 0.15) is 10.7 Å². The van der Waals surface area contributed by atoms with Gasteiger partial charge < -0.3 is 0 Å². The van der Waals surface area contributed by atoms with E-state index >= 15 is 4.79 Å². The molecule has 2 aliphatic rings. The highest BCUT2D eigenvalue weighted by atomic mass is 32.1. The van der Waals surface area contributed by atoms with Crippen LogP contribution in [0.4, 0.5) is 0 Å². The van der Waals surface area contributed by atoms with Crippen LogP contribution in [-0.2, 0) is 17.6 Å². The molecule has 0 N–H and O–H groups in total. The smallest absolute Gasteiger partial charge is 0.271 e. The van der Waals surface area contributed by atoms with Crippen molar-refractivity contribution in [1.29, 1.82) is 0 Å².